The Morgan fingerprint density at radius 2 is 2.57 bits per heavy atom. The molecule has 4 heteroatoms. The molecule has 1 heterocycles. The monoisotopic (exact) mass is 115 g/mol. The zero-order valence-electron chi connectivity index (χ0n) is 3.74. The summed E-state index contributed by atoms with van der Waals surface area (Å²) >= 11 is 1.71. The van der Waals surface area contributed by atoms with E-state index in [1.54, 1.807) is 11.8 Å². The van der Waals surface area contributed by atoms with Gasteiger partial charge >= 0.3 is 0 Å². The SMILES string of the molecule is [N-]=[N+]=NC1CCS1. The highest BCUT2D eigenvalue weighted by molar-refractivity contribution is 8.01. The molecule has 0 aliphatic carbocycles. The molecule has 1 fully saturated rings. The summed E-state index contributed by atoms with van der Waals surface area (Å²) in [6.07, 6.45) is 1.06. The zero-order chi connectivity index (χ0) is 5.11. The molecular weight excluding hydrogens is 110 g/mol. The van der Waals surface area contributed by atoms with Crippen LogP contribution in [0.3, 0.4) is 0 Å². The molecule has 0 aromatic carbocycles. The third-order valence-electron chi connectivity index (χ3n) is 0.855. The van der Waals surface area contributed by atoms with Crippen LogP contribution in [0.25, 0.3) is 10.4 Å². The lowest BCUT2D eigenvalue weighted by Crippen LogP contribution is -2.10. The van der Waals surface area contributed by atoms with Crippen LogP contribution in [-0.4, -0.2) is 11.1 Å². The Morgan fingerprint density at radius 3 is 2.71 bits per heavy atom. The van der Waals surface area contributed by atoms with Crippen LogP contribution in [0.4, 0.5) is 0 Å². The van der Waals surface area contributed by atoms with Gasteiger partial charge in [0, 0.05) is 4.91 Å². The molecule has 7 heavy (non-hydrogen) atoms. The average Bonchev–Trinajstić information content (AvgIpc) is 1.55. The van der Waals surface area contributed by atoms with Gasteiger partial charge in [0.15, 0.2) is 0 Å². The van der Waals surface area contributed by atoms with Gasteiger partial charge in [-0.2, -0.15) is 11.8 Å². The number of thioether (sulfide) groups is 1. The summed E-state index contributed by atoms with van der Waals surface area (Å²) in [5.74, 6) is 1.16. The summed E-state index contributed by atoms with van der Waals surface area (Å²) in [5, 5.41) is 3.73. The fourth-order valence-corrected chi connectivity index (χ4v) is 0.927. The standard InChI is InChI=1S/C3H5N3S/c4-6-5-3-1-2-7-3/h3H,1-2H2. The summed E-state index contributed by atoms with van der Waals surface area (Å²) in [4.78, 5) is 2.66. The number of nitrogens with zero attached hydrogens (tertiary/aromatic N) is 3. The summed E-state index contributed by atoms with van der Waals surface area (Å²) in [7, 11) is 0. The van der Waals surface area contributed by atoms with Gasteiger partial charge in [-0.3, -0.25) is 0 Å². The maximum atomic E-state index is 7.85. The van der Waals surface area contributed by atoms with Gasteiger partial charge in [-0.15, -0.1) is 0 Å². The third kappa shape index (κ3) is 1.01. The van der Waals surface area contributed by atoms with Crippen LogP contribution in [0.5, 0.6) is 0 Å². The Bertz CT molecular complexity index is 103. The Labute approximate surface area is 45.7 Å². The topological polar surface area (TPSA) is 48.8 Å². The molecule has 1 atom stereocenters. The van der Waals surface area contributed by atoms with Crippen LogP contribution in [-0.2, 0) is 0 Å². The predicted octanol–water partition coefficient (Wildman–Crippen LogP) is 1.76. The predicted molar refractivity (Wildman–Crippen MR) is 30.0 cm³/mol. The van der Waals surface area contributed by atoms with E-state index >= 15 is 0 Å². The van der Waals surface area contributed by atoms with Gasteiger partial charge in [0.1, 0.15) is 0 Å². The second-order valence-corrected chi connectivity index (χ2v) is 2.60. The Balaban J connectivity index is 2.27. The molecule has 38 valence electrons. The molecule has 0 aromatic heterocycles. The van der Waals surface area contributed by atoms with Crippen LogP contribution < -0.4 is 0 Å². The van der Waals surface area contributed by atoms with Gasteiger partial charge in [-0.05, 0) is 17.7 Å². The molecule has 0 aromatic rings. The molecule has 3 nitrogen and oxygen atoms in total. The molecule has 0 bridgehead atoms. The molecule has 1 rings (SSSR count). The quantitative estimate of drug-likeness (QED) is 0.292. The summed E-state index contributed by atoms with van der Waals surface area (Å²) < 4.78 is 0. The number of hydrogen-bond donors (Lipinski definition) is 0. The lowest BCUT2D eigenvalue weighted by atomic mass is 10.5. The minimum Gasteiger partial charge on any atom is -0.153 e. The molecule has 1 saturated heterocycles. The molecule has 0 saturated carbocycles. The van der Waals surface area contributed by atoms with Gasteiger partial charge in [0.2, 0.25) is 0 Å². The van der Waals surface area contributed by atoms with Gasteiger partial charge in [0.05, 0.1) is 5.37 Å². The van der Waals surface area contributed by atoms with Crippen molar-refractivity contribution >= 4 is 11.8 Å². The largest absolute Gasteiger partial charge is 0.153 e. The minimum atomic E-state index is 0.255. The van der Waals surface area contributed by atoms with Gasteiger partial charge in [-0.1, -0.05) is 5.11 Å². The van der Waals surface area contributed by atoms with Crippen molar-refractivity contribution in [2.75, 3.05) is 5.75 Å². The van der Waals surface area contributed by atoms with E-state index in [1.807, 2.05) is 0 Å². The van der Waals surface area contributed by atoms with Crippen molar-refractivity contribution in [2.24, 2.45) is 5.11 Å². The van der Waals surface area contributed by atoms with Gasteiger partial charge < -0.3 is 0 Å². The smallest absolute Gasteiger partial charge is 0.0841 e. The second kappa shape index (κ2) is 2.09. The number of hydrogen-bond acceptors (Lipinski definition) is 2. The molecule has 1 aliphatic heterocycles. The van der Waals surface area contributed by atoms with Crippen LogP contribution in [0.15, 0.2) is 5.11 Å². The first-order valence-electron chi connectivity index (χ1n) is 2.09. The molecule has 0 radical (unpaired) electrons. The van der Waals surface area contributed by atoms with Crippen molar-refractivity contribution in [3.63, 3.8) is 0 Å². The van der Waals surface area contributed by atoms with E-state index in [0.29, 0.717) is 0 Å². The Hall–Kier alpha value is -0.340. The van der Waals surface area contributed by atoms with E-state index in [9.17, 15) is 0 Å². The normalized spacial score (nSPS) is 27.7. The highest BCUT2D eigenvalue weighted by Crippen LogP contribution is 2.28. The first kappa shape index (κ1) is 4.81. The maximum Gasteiger partial charge on any atom is 0.0841 e. The van der Waals surface area contributed by atoms with E-state index in [0.717, 1.165) is 12.2 Å². The summed E-state index contributed by atoms with van der Waals surface area (Å²) in [6, 6.07) is 0. The van der Waals surface area contributed by atoms with Crippen molar-refractivity contribution in [1.82, 2.24) is 0 Å². The van der Waals surface area contributed by atoms with Crippen molar-refractivity contribution in [3.8, 4) is 0 Å². The van der Waals surface area contributed by atoms with E-state index in [4.69, 9.17) is 5.53 Å². The first-order valence-corrected chi connectivity index (χ1v) is 3.14. The van der Waals surface area contributed by atoms with E-state index in [1.165, 1.54) is 0 Å². The van der Waals surface area contributed by atoms with Crippen molar-refractivity contribution < 1.29 is 0 Å². The summed E-state index contributed by atoms with van der Waals surface area (Å²) in [6.45, 7) is 0. The second-order valence-electron chi connectivity index (χ2n) is 1.32. The number of rotatable bonds is 1. The fourth-order valence-electron chi connectivity index (χ4n) is 0.372. The van der Waals surface area contributed by atoms with Crippen LogP contribution >= 0.6 is 11.8 Å². The summed E-state index contributed by atoms with van der Waals surface area (Å²) in [5.41, 5.74) is 7.85. The van der Waals surface area contributed by atoms with Gasteiger partial charge in [-0.25, -0.2) is 0 Å². The fraction of sp³-hybridized carbons (Fsp3) is 1.00. The molecule has 0 spiro atoms. The van der Waals surface area contributed by atoms with Crippen LogP contribution in [0, 0.1) is 0 Å². The average molecular weight is 115 g/mol. The van der Waals surface area contributed by atoms with Crippen molar-refractivity contribution in [3.05, 3.63) is 10.4 Å². The molecule has 1 aliphatic rings. The van der Waals surface area contributed by atoms with Crippen LogP contribution in [0.1, 0.15) is 6.42 Å². The van der Waals surface area contributed by atoms with E-state index < -0.39 is 0 Å². The minimum absolute atomic E-state index is 0.255. The molecule has 0 N–H and O–H groups in total. The van der Waals surface area contributed by atoms with E-state index in [2.05, 4.69) is 10.0 Å². The Morgan fingerprint density at radius 1 is 1.86 bits per heavy atom. The Kier molecular flexibility index (Phi) is 1.44. The van der Waals surface area contributed by atoms with Crippen molar-refractivity contribution in [2.45, 2.75) is 11.8 Å². The van der Waals surface area contributed by atoms with Gasteiger partial charge in [0.25, 0.3) is 0 Å². The highest BCUT2D eigenvalue weighted by Gasteiger charge is 2.14. The third-order valence-corrected chi connectivity index (χ3v) is 2.04. The van der Waals surface area contributed by atoms with Crippen LogP contribution in [0.2, 0.25) is 0 Å². The first-order chi connectivity index (χ1) is 3.43. The van der Waals surface area contributed by atoms with Crippen molar-refractivity contribution in [1.29, 1.82) is 0 Å². The lowest BCUT2D eigenvalue weighted by molar-refractivity contribution is 0.818. The molecular formula is C3H5N3S. The van der Waals surface area contributed by atoms with E-state index in [-0.39, 0.29) is 5.37 Å². The highest BCUT2D eigenvalue weighted by atomic mass is 32.2. The zero-order valence-corrected chi connectivity index (χ0v) is 4.56. The maximum absolute atomic E-state index is 7.85. The molecule has 1 unspecified atom stereocenters. The number of azide groups is 1. The molecule has 0 amide bonds. The lowest BCUT2D eigenvalue weighted by Gasteiger charge is -2.18.